The van der Waals surface area contributed by atoms with Gasteiger partial charge in [0.2, 0.25) is 9.84 Å². The zero-order valence-corrected chi connectivity index (χ0v) is 16.4. The molecular formula is C19H14ClN3O5S. The number of halogens is 1. The van der Waals surface area contributed by atoms with Crippen LogP contribution < -0.4 is 5.32 Å². The maximum atomic E-state index is 12.9. The number of benzene rings is 2. The Morgan fingerprint density at radius 1 is 1.07 bits per heavy atom. The SMILES string of the molecule is O=C(NCc1ccccn1)c1ccc(S(=O)(=O)c2ccccc2Cl)c([N+](=O)[O-])c1. The van der Waals surface area contributed by atoms with Crippen LogP contribution in [0, 0.1) is 10.1 Å². The van der Waals surface area contributed by atoms with Crippen molar-refractivity contribution in [3.63, 3.8) is 0 Å². The molecule has 0 aliphatic carbocycles. The number of carbonyl (C=O) groups excluding carboxylic acids is 1. The smallest absolute Gasteiger partial charge is 0.289 e. The van der Waals surface area contributed by atoms with Crippen molar-refractivity contribution in [2.75, 3.05) is 0 Å². The van der Waals surface area contributed by atoms with Crippen molar-refractivity contribution in [3.05, 3.63) is 93.3 Å². The van der Waals surface area contributed by atoms with E-state index in [0.29, 0.717) is 5.69 Å². The van der Waals surface area contributed by atoms with Gasteiger partial charge in [0, 0.05) is 17.8 Å². The van der Waals surface area contributed by atoms with Crippen molar-refractivity contribution in [2.45, 2.75) is 16.3 Å². The van der Waals surface area contributed by atoms with Crippen LogP contribution in [0.25, 0.3) is 0 Å². The lowest BCUT2D eigenvalue weighted by Gasteiger charge is -2.09. The number of rotatable bonds is 6. The van der Waals surface area contributed by atoms with Gasteiger partial charge in [0.1, 0.15) is 4.90 Å². The lowest BCUT2D eigenvalue weighted by atomic mass is 10.2. The molecule has 3 rings (SSSR count). The number of amides is 1. The fourth-order valence-electron chi connectivity index (χ4n) is 2.59. The molecule has 0 aliphatic heterocycles. The minimum atomic E-state index is -4.26. The predicted molar refractivity (Wildman–Crippen MR) is 105 cm³/mol. The highest BCUT2D eigenvalue weighted by atomic mass is 35.5. The fraction of sp³-hybridized carbons (Fsp3) is 0.0526. The summed E-state index contributed by atoms with van der Waals surface area (Å²) in [5, 5.41) is 14.0. The van der Waals surface area contributed by atoms with E-state index in [0.717, 1.165) is 12.1 Å². The summed E-state index contributed by atoms with van der Waals surface area (Å²) in [4.78, 5) is 26.3. The Bertz CT molecular complexity index is 1180. The molecule has 0 bridgehead atoms. The summed E-state index contributed by atoms with van der Waals surface area (Å²) < 4.78 is 25.7. The lowest BCUT2D eigenvalue weighted by molar-refractivity contribution is -0.387. The van der Waals surface area contributed by atoms with Crippen molar-refractivity contribution in [1.29, 1.82) is 0 Å². The summed E-state index contributed by atoms with van der Waals surface area (Å²) in [5.74, 6) is -0.597. The number of nitro groups is 1. The van der Waals surface area contributed by atoms with E-state index in [1.807, 2.05) is 0 Å². The van der Waals surface area contributed by atoms with E-state index in [-0.39, 0.29) is 22.0 Å². The number of sulfone groups is 1. The van der Waals surface area contributed by atoms with Crippen LogP contribution in [0.1, 0.15) is 16.1 Å². The van der Waals surface area contributed by atoms with E-state index in [9.17, 15) is 23.3 Å². The molecule has 0 radical (unpaired) electrons. The average molecular weight is 432 g/mol. The van der Waals surface area contributed by atoms with E-state index in [1.165, 1.54) is 24.3 Å². The number of hydrogen-bond acceptors (Lipinski definition) is 6. The first kappa shape index (κ1) is 20.4. The Morgan fingerprint density at radius 2 is 1.79 bits per heavy atom. The Kier molecular flexibility index (Phi) is 5.90. The second kappa shape index (κ2) is 8.38. The van der Waals surface area contributed by atoms with Gasteiger partial charge in [0.15, 0.2) is 0 Å². The summed E-state index contributed by atoms with van der Waals surface area (Å²) >= 11 is 5.95. The lowest BCUT2D eigenvalue weighted by Crippen LogP contribution is -2.23. The zero-order chi connectivity index (χ0) is 21.0. The number of aromatic nitrogens is 1. The van der Waals surface area contributed by atoms with Gasteiger partial charge in [-0.3, -0.25) is 19.9 Å². The molecule has 0 saturated carbocycles. The molecule has 3 aromatic rings. The van der Waals surface area contributed by atoms with Crippen LogP contribution >= 0.6 is 11.6 Å². The molecule has 1 aromatic heterocycles. The quantitative estimate of drug-likeness (QED) is 0.471. The van der Waals surface area contributed by atoms with Gasteiger partial charge in [0.05, 0.1) is 27.1 Å². The first-order valence-electron chi connectivity index (χ1n) is 8.27. The molecule has 1 amide bonds. The third-order valence-electron chi connectivity index (χ3n) is 3.99. The Morgan fingerprint density at radius 3 is 2.45 bits per heavy atom. The van der Waals surface area contributed by atoms with E-state index >= 15 is 0 Å². The van der Waals surface area contributed by atoms with Gasteiger partial charge < -0.3 is 5.32 Å². The zero-order valence-electron chi connectivity index (χ0n) is 14.8. The topological polar surface area (TPSA) is 119 Å². The molecule has 29 heavy (non-hydrogen) atoms. The molecular weight excluding hydrogens is 418 g/mol. The molecule has 0 unspecified atom stereocenters. The van der Waals surface area contributed by atoms with Crippen molar-refractivity contribution >= 4 is 33.0 Å². The van der Waals surface area contributed by atoms with Gasteiger partial charge in [-0.2, -0.15) is 0 Å². The number of carbonyl (C=O) groups is 1. The van der Waals surface area contributed by atoms with Gasteiger partial charge in [0.25, 0.3) is 11.6 Å². The average Bonchev–Trinajstić information content (AvgIpc) is 2.72. The Balaban J connectivity index is 1.94. The van der Waals surface area contributed by atoms with E-state index in [2.05, 4.69) is 10.3 Å². The first-order chi connectivity index (χ1) is 13.8. The molecule has 0 fully saturated rings. The van der Waals surface area contributed by atoms with Crippen molar-refractivity contribution < 1.29 is 18.1 Å². The Hall–Kier alpha value is -3.30. The highest BCUT2D eigenvalue weighted by Crippen LogP contribution is 2.33. The second-order valence-electron chi connectivity index (χ2n) is 5.88. The highest BCUT2D eigenvalue weighted by Gasteiger charge is 2.30. The van der Waals surface area contributed by atoms with Crippen LogP contribution in [0.3, 0.4) is 0 Å². The van der Waals surface area contributed by atoms with Crippen molar-refractivity contribution in [3.8, 4) is 0 Å². The fourth-order valence-corrected chi connectivity index (χ4v) is 4.50. The minimum absolute atomic E-state index is 0.0502. The third kappa shape index (κ3) is 4.41. The summed E-state index contributed by atoms with van der Waals surface area (Å²) in [5.41, 5.74) is -0.158. The summed E-state index contributed by atoms with van der Waals surface area (Å²) in [6.07, 6.45) is 1.57. The van der Waals surface area contributed by atoms with Crippen LogP contribution in [0.5, 0.6) is 0 Å². The van der Waals surface area contributed by atoms with Crippen LogP contribution in [-0.2, 0) is 16.4 Å². The normalized spacial score (nSPS) is 11.1. The third-order valence-corrected chi connectivity index (χ3v) is 6.29. The molecule has 148 valence electrons. The highest BCUT2D eigenvalue weighted by molar-refractivity contribution is 7.91. The van der Waals surface area contributed by atoms with Gasteiger partial charge in [-0.1, -0.05) is 29.8 Å². The summed E-state index contributed by atoms with van der Waals surface area (Å²) in [7, 11) is -4.26. The molecule has 0 spiro atoms. The molecule has 0 aliphatic rings. The molecule has 2 aromatic carbocycles. The standard InChI is InChI=1S/C19H14ClN3O5S/c20-15-6-1-2-7-17(15)29(27,28)18-9-8-13(11-16(18)23(25)26)19(24)22-12-14-5-3-4-10-21-14/h1-11H,12H2,(H,22,24). The maximum absolute atomic E-state index is 12.9. The van der Waals surface area contributed by atoms with E-state index in [4.69, 9.17) is 11.6 Å². The van der Waals surface area contributed by atoms with Gasteiger partial charge in [-0.05, 0) is 36.4 Å². The monoisotopic (exact) mass is 431 g/mol. The molecule has 1 N–H and O–H groups in total. The molecule has 0 saturated heterocycles. The number of pyridine rings is 1. The minimum Gasteiger partial charge on any atom is -0.346 e. The van der Waals surface area contributed by atoms with Gasteiger partial charge in [-0.15, -0.1) is 0 Å². The van der Waals surface area contributed by atoms with Crippen LogP contribution in [0.2, 0.25) is 5.02 Å². The second-order valence-corrected chi connectivity index (χ2v) is 8.17. The van der Waals surface area contributed by atoms with E-state index < -0.39 is 31.3 Å². The number of nitrogens with zero attached hydrogens (tertiary/aromatic N) is 2. The van der Waals surface area contributed by atoms with Crippen molar-refractivity contribution in [1.82, 2.24) is 10.3 Å². The van der Waals surface area contributed by atoms with Crippen LogP contribution in [0.15, 0.2) is 76.7 Å². The van der Waals surface area contributed by atoms with Crippen molar-refractivity contribution in [2.24, 2.45) is 0 Å². The number of nitro benzene ring substituents is 1. The summed E-state index contributed by atoms with van der Waals surface area (Å²) in [6.45, 7) is 0.118. The van der Waals surface area contributed by atoms with Crippen LogP contribution in [0.4, 0.5) is 5.69 Å². The Labute approximate surface area is 171 Å². The van der Waals surface area contributed by atoms with E-state index in [1.54, 1.807) is 30.5 Å². The summed E-state index contributed by atoms with van der Waals surface area (Å²) in [6, 6.07) is 14.0. The maximum Gasteiger partial charge on any atom is 0.289 e. The van der Waals surface area contributed by atoms with Gasteiger partial charge >= 0.3 is 0 Å². The first-order valence-corrected chi connectivity index (χ1v) is 10.1. The molecule has 8 nitrogen and oxygen atoms in total. The molecule has 10 heteroatoms. The molecule has 1 heterocycles. The van der Waals surface area contributed by atoms with Gasteiger partial charge in [-0.25, -0.2) is 8.42 Å². The largest absolute Gasteiger partial charge is 0.346 e. The van der Waals surface area contributed by atoms with Crippen LogP contribution in [-0.4, -0.2) is 24.2 Å². The number of hydrogen-bond donors (Lipinski definition) is 1. The molecule has 0 atom stereocenters. The predicted octanol–water partition coefficient (Wildman–Crippen LogP) is 3.41. The number of nitrogens with one attached hydrogen (secondary N) is 1.